The van der Waals surface area contributed by atoms with E-state index in [1.807, 2.05) is 28.8 Å². The van der Waals surface area contributed by atoms with E-state index >= 15 is 0 Å². The van der Waals surface area contributed by atoms with Crippen LogP contribution >= 0.6 is 0 Å². The molecule has 0 fully saturated rings. The molecule has 3 heterocycles. The molecule has 0 aliphatic rings. The summed E-state index contributed by atoms with van der Waals surface area (Å²) < 4.78 is 7.20. The summed E-state index contributed by atoms with van der Waals surface area (Å²) in [6.45, 7) is 4.79. The number of nitrogens with one attached hydrogen (secondary N) is 1. The summed E-state index contributed by atoms with van der Waals surface area (Å²) in [6.07, 6.45) is 5.69. The van der Waals surface area contributed by atoms with Crippen molar-refractivity contribution >= 4 is 17.0 Å². The molecular weight excluding hydrogens is 342 g/mol. The number of imidazole rings is 1. The molecule has 7 nitrogen and oxygen atoms in total. The summed E-state index contributed by atoms with van der Waals surface area (Å²) in [5.74, 6) is 1.56. The van der Waals surface area contributed by atoms with Gasteiger partial charge in [-0.15, -0.1) is 0 Å². The van der Waals surface area contributed by atoms with Crippen molar-refractivity contribution in [2.45, 2.75) is 26.3 Å². The van der Waals surface area contributed by atoms with Crippen LogP contribution in [-0.4, -0.2) is 31.2 Å². The van der Waals surface area contributed by atoms with Crippen LogP contribution in [0.1, 0.15) is 25.5 Å². The minimum Gasteiger partial charge on any atom is -0.508 e. The Bertz CT molecular complexity index is 1050. The SMILES string of the molecule is CC(C)n1cnc2c(NCCc3ccccc3O)nc(-c3ccoc3)nc21. The van der Waals surface area contributed by atoms with Gasteiger partial charge >= 0.3 is 0 Å². The molecule has 7 heteroatoms. The first-order valence-electron chi connectivity index (χ1n) is 8.91. The van der Waals surface area contributed by atoms with Crippen LogP contribution < -0.4 is 5.32 Å². The van der Waals surface area contributed by atoms with Crippen molar-refractivity contribution in [2.24, 2.45) is 0 Å². The number of nitrogens with zero attached hydrogens (tertiary/aromatic N) is 4. The molecule has 1 aromatic carbocycles. The van der Waals surface area contributed by atoms with Crippen molar-refractivity contribution in [3.05, 3.63) is 54.7 Å². The lowest BCUT2D eigenvalue weighted by Gasteiger charge is -2.11. The quantitative estimate of drug-likeness (QED) is 0.538. The van der Waals surface area contributed by atoms with E-state index in [0.717, 1.165) is 22.3 Å². The number of rotatable bonds is 6. The van der Waals surface area contributed by atoms with Gasteiger partial charge in [0, 0.05) is 12.6 Å². The summed E-state index contributed by atoms with van der Waals surface area (Å²) in [5.41, 5.74) is 3.21. The minimum absolute atomic E-state index is 0.233. The van der Waals surface area contributed by atoms with Crippen molar-refractivity contribution in [3.63, 3.8) is 0 Å². The van der Waals surface area contributed by atoms with E-state index in [9.17, 15) is 5.11 Å². The van der Waals surface area contributed by atoms with Gasteiger partial charge in [-0.25, -0.2) is 15.0 Å². The van der Waals surface area contributed by atoms with Crippen LogP contribution in [0.25, 0.3) is 22.6 Å². The van der Waals surface area contributed by atoms with Crippen LogP contribution in [0.3, 0.4) is 0 Å². The fraction of sp³-hybridized carbons (Fsp3) is 0.250. The molecule has 0 saturated heterocycles. The van der Waals surface area contributed by atoms with Crippen LogP contribution in [0.4, 0.5) is 5.82 Å². The minimum atomic E-state index is 0.233. The van der Waals surface area contributed by atoms with Gasteiger partial charge in [-0.3, -0.25) is 0 Å². The largest absolute Gasteiger partial charge is 0.508 e. The van der Waals surface area contributed by atoms with Crippen molar-refractivity contribution in [2.75, 3.05) is 11.9 Å². The van der Waals surface area contributed by atoms with E-state index in [1.54, 1.807) is 24.9 Å². The van der Waals surface area contributed by atoms with Crippen LogP contribution in [0.2, 0.25) is 0 Å². The zero-order valence-electron chi connectivity index (χ0n) is 15.3. The number of hydrogen-bond donors (Lipinski definition) is 2. The number of anilines is 1. The van der Waals surface area contributed by atoms with Gasteiger partial charge < -0.3 is 19.4 Å². The third kappa shape index (κ3) is 3.36. The molecule has 0 bridgehead atoms. The maximum Gasteiger partial charge on any atom is 0.167 e. The third-order valence-corrected chi connectivity index (χ3v) is 4.44. The molecule has 0 atom stereocenters. The van der Waals surface area contributed by atoms with Gasteiger partial charge in [0.05, 0.1) is 18.2 Å². The van der Waals surface area contributed by atoms with E-state index in [0.29, 0.717) is 30.4 Å². The van der Waals surface area contributed by atoms with Gasteiger partial charge in [-0.05, 0) is 38.0 Å². The molecule has 0 spiro atoms. The number of furan rings is 1. The van der Waals surface area contributed by atoms with Crippen molar-refractivity contribution in [1.82, 2.24) is 19.5 Å². The normalized spacial score (nSPS) is 11.4. The maximum absolute atomic E-state index is 9.93. The second-order valence-corrected chi connectivity index (χ2v) is 6.63. The predicted octanol–water partition coefficient (Wildman–Crippen LogP) is 4.03. The van der Waals surface area contributed by atoms with Crippen LogP contribution in [0.5, 0.6) is 5.75 Å². The standard InChI is InChI=1S/C20H21N5O2/c1-13(2)25-12-22-17-19(21-9-7-14-5-3-4-6-16(14)26)23-18(24-20(17)25)15-8-10-27-11-15/h3-6,8,10-13,26H,7,9H2,1-2H3,(H,21,23,24). The first-order chi connectivity index (χ1) is 13.1. The van der Waals surface area contributed by atoms with Crippen molar-refractivity contribution in [1.29, 1.82) is 0 Å². The molecule has 0 aliphatic carbocycles. The van der Waals surface area contributed by atoms with Gasteiger partial charge in [0.15, 0.2) is 17.3 Å². The summed E-state index contributed by atoms with van der Waals surface area (Å²) >= 11 is 0. The van der Waals surface area contributed by atoms with E-state index in [2.05, 4.69) is 34.1 Å². The first-order valence-corrected chi connectivity index (χ1v) is 8.91. The highest BCUT2D eigenvalue weighted by molar-refractivity contribution is 5.85. The van der Waals surface area contributed by atoms with E-state index in [1.165, 1.54) is 0 Å². The van der Waals surface area contributed by atoms with Gasteiger partial charge in [0.2, 0.25) is 0 Å². The van der Waals surface area contributed by atoms with Crippen LogP contribution in [-0.2, 0) is 6.42 Å². The summed E-state index contributed by atoms with van der Waals surface area (Å²) in [4.78, 5) is 13.8. The molecule has 0 radical (unpaired) electrons. The lowest BCUT2D eigenvalue weighted by Crippen LogP contribution is -2.09. The summed E-state index contributed by atoms with van der Waals surface area (Å²) in [5, 5.41) is 13.3. The van der Waals surface area contributed by atoms with Gasteiger partial charge in [0.25, 0.3) is 0 Å². The number of benzene rings is 1. The summed E-state index contributed by atoms with van der Waals surface area (Å²) in [7, 11) is 0. The highest BCUT2D eigenvalue weighted by Crippen LogP contribution is 2.26. The molecule has 0 saturated carbocycles. The highest BCUT2D eigenvalue weighted by Gasteiger charge is 2.16. The average molecular weight is 363 g/mol. The Balaban J connectivity index is 1.67. The number of fused-ring (bicyclic) bond motifs is 1. The Morgan fingerprint density at radius 3 is 2.78 bits per heavy atom. The predicted molar refractivity (Wildman–Crippen MR) is 104 cm³/mol. The number of aromatic nitrogens is 4. The average Bonchev–Trinajstić information content (AvgIpc) is 3.32. The molecule has 138 valence electrons. The smallest absolute Gasteiger partial charge is 0.167 e. The Kier molecular flexibility index (Phi) is 4.50. The molecule has 4 rings (SSSR count). The van der Waals surface area contributed by atoms with E-state index in [4.69, 9.17) is 4.42 Å². The zero-order valence-corrected chi connectivity index (χ0v) is 15.3. The molecule has 0 amide bonds. The second kappa shape index (κ2) is 7.11. The molecule has 4 aromatic rings. The van der Waals surface area contributed by atoms with Crippen molar-refractivity contribution in [3.8, 4) is 17.1 Å². The van der Waals surface area contributed by atoms with Crippen LogP contribution in [0.15, 0.2) is 53.6 Å². The number of para-hydroxylation sites is 1. The Labute approximate surface area is 156 Å². The molecule has 0 aliphatic heterocycles. The van der Waals surface area contributed by atoms with Gasteiger partial charge in [-0.2, -0.15) is 0 Å². The zero-order chi connectivity index (χ0) is 18.8. The molecule has 2 N–H and O–H groups in total. The maximum atomic E-state index is 9.93. The number of hydrogen-bond acceptors (Lipinski definition) is 6. The molecule has 27 heavy (non-hydrogen) atoms. The van der Waals surface area contributed by atoms with Crippen molar-refractivity contribution < 1.29 is 9.52 Å². The van der Waals surface area contributed by atoms with Crippen LogP contribution in [0, 0.1) is 0 Å². The molecule has 3 aromatic heterocycles. The lowest BCUT2D eigenvalue weighted by atomic mass is 10.1. The Morgan fingerprint density at radius 2 is 2.04 bits per heavy atom. The van der Waals surface area contributed by atoms with Gasteiger partial charge in [0.1, 0.15) is 17.5 Å². The number of phenolic OH excluding ortho intramolecular Hbond substituents is 1. The monoisotopic (exact) mass is 363 g/mol. The Morgan fingerprint density at radius 1 is 1.19 bits per heavy atom. The molecule has 0 unspecified atom stereocenters. The van der Waals surface area contributed by atoms with Gasteiger partial charge in [-0.1, -0.05) is 18.2 Å². The number of aromatic hydroxyl groups is 1. The second-order valence-electron chi connectivity index (χ2n) is 6.63. The Hall–Kier alpha value is -3.35. The highest BCUT2D eigenvalue weighted by atomic mass is 16.3. The summed E-state index contributed by atoms with van der Waals surface area (Å²) in [6, 6.07) is 9.41. The molecular formula is C20H21N5O2. The fourth-order valence-corrected chi connectivity index (χ4v) is 2.98. The van der Waals surface area contributed by atoms with E-state index < -0.39 is 0 Å². The topological polar surface area (TPSA) is 89.0 Å². The van der Waals surface area contributed by atoms with E-state index in [-0.39, 0.29) is 6.04 Å². The lowest BCUT2D eigenvalue weighted by molar-refractivity contribution is 0.468. The third-order valence-electron chi connectivity index (χ3n) is 4.44. The fourth-order valence-electron chi connectivity index (χ4n) is 2.98. The number of phenols is 1. The first kappa shape index (κ1) is 17.1.